The Morgan fingerprint density at radius 1 is 1.02 bits per heavy atom. The van der Waals surface area contributed by atoms with E-state index in [0.717, 1.165) is 0 Å². The van der Waals surface area contributed by atoms with Gasteiger partial charge in [-0.1, -0.05) is 11.6 Å². The second kappa shape index (κ2) is 9.67. The van der Waals surface area contributed by atoms with Crippen molar-refractivity contribution in [3.05, 3.63) is 45.9 Å². The summed E-state index contributed by atoms with van der Waals surface area (Å²) in [5.41, 5.74) is -3.57. The lowest BCUT2D eigenvalue weighted by molar-refractivity contribution is -0.137. The number of carbonyl (C=O) groups is 1. The zero-order valence-electron chi connectivity index (χ0n) is 22.5. The van der Waals surface area contributed by atoms with Gasteiger partial charge in [-0.25, -0.2) is 9.18 Å². The van der Waals surface area contributed by atoms with E-state index in [-0.39, 0.29) is 52.7 Å². The lowest BCUT2D eigenvalue weighted by Gasteiger charge is -2.42. The average molecular weight is 584 g/mol. The highest BCUT2D eigenvalue weighted by Gasteiger charge is 2.45. The van der Waals surface area contributed by atoms with Crippen LogP contribution in [0.3, 0.4) is 0 Å². The van der Waals surface area contributed by atoms with Crippen molar-refractivity contribution in [2.75, 3.05) is 18.0 Å². The van der Waals surface area contributed by atoms with E-state index in [0.29, 0.717) is 12.8 Å². The number of anilines is 1. The molecule has 0 spiro atoms. The molecule has 2 atom stereocenters. The van der Waals surface area contributed by atoms with E-state index in [1.807, 2.05) is 0 Å². The molecule has 2 aliphatic heterocycles. The first-order valence-corrected chi connectivity index (χ1v) is 13.1. The summed E-state index contributed by atoms with van der Waals surface area (Å²) in [6.45, 7) is 8.58. The molecule has 1 amide bonds. The maximum atomic E-state index is 16.0. The molecule has 3 aromatic rings. The van der Waals surface area contributed by atoms with E-state index in [1.54, 1.807) is 30.6 Å². The molecular formula is C27H27ClF5N5O2. The van der Waals surface area contributed by atoms with Crippen molar-refractivity contribution in [2.24, 2.45) is 0 Å². The summed E-state index contributed by atoms with van der Waals surface area (Å²) in [5.74, 6) is -1.19. The monoisotopic (exact) mass is 583 g/mol. The summed E-state index contributed by atoms with van der Waals surface area (Å²) in [5, 5.41) is -0.310. The fourth-order valence-electron chi connectivity index (χ4n) is 5.68. The van der Waals surface area contributed by atoms with Crippen molar-refractivity contribution in [3.8, 4) is 11.3 Å². The molecule has 0 aliphatic carbocycles. The van der Waals surface area contributed by atoms with Crippen molar-refractivity contribution >= 4 is 34.4 Å². The van der Waals surface area contributed by atoms with Crippen LogP contribution in [0, 0.1) is 25.7 Å². The molecule has 2 fully saturated rings. The van der Waals surface area contributed by atoms with Gasteiger partial charge in [-0.15, -0.1) is 0 Å². The van der Waals surface area contributed by atoms with Gasteiger partial charge in [-0.2, -0.15) is 27.5 Å². The number of alkyl halides is 3. The van der Waals surface area contributed by atoms with Crippen LogP contribution in [0.4, 0.5) is 32.6 Å². The second-order valence-electron chi connectivity index (χ2n) is 11.2. The Morgan fingerprint density at radius 3 is 2.23 bits per heavy atom. The zero-order valence-corrected chi connectivity index (χ0v) is 23.2. The fourth-order valence-corrected chi connectivity index (χ4v) is 5.96. The van der Waals surface area contributed by atoms with Crippen molar-refractivity contribution < 1.29 is 31.5 Å². The highest BCUT2D eigenvalue weighted by molar-refractivity contribution is 6.34. The van der Waals surface area contributed by atoms with E-state index < -0.39 is 52.1 Å². The number of amides is 1. The summed E-state index contributed by atoms with van der Waals surface area (Å²) in [6, 6.07) is 1.97. The van der Waals surface area contributed by atoms with Crippen molar-refractivity contribution in [1.29, 1.82) is 0 Å². The first-order valence-electron chi connectivity index (χ1n) is 12.7. The average Bonchev–Trinajstić information content (AvgIpc) is 3.06. The maximum Gasteiger partial charge on any atom is 0.418 e. The third kappa shape index (κ3) is 5.02. The van der Waals surface area contributed by atoms with Gasteiger partial charge in [0.25, 0.3) is 0 Å². The summed E-state index contributed by atoms with van der Waals surface area (Å²) in [7, 11) is 0. The third-order valence-corrected chi connectivity index (χ3v) is 7.38. The molecule has 214 valence electrons. The molecule has 4 heterocycles. The SMILES string of the molecule is Cc1cc(C)c(C(F)(F)F)c(-c2c(Cl)cc3c(N4CC5CCC(C4)N5C(=O)OC(C)(C)C)nc(F)nc3c2F)n1. The van der Waals surface area contributed by atoms with Gasteiger partial charge in [0.2, 0.25) is 0 Å². The lowest BCUT2D eigenvalue weighted by Crippen LogP contribution is -2.57. The normalized spacial score (nSPS) is 19.5. The predicted molar refractivity (Wildman–Crippen MR) is 139 cm³/mol. The number of aryl methyl sites for hydroxylation is 2. The van der Waals surface area contributed by atoms with E-state index in [9.17, 15) is 22.4 Å². The van der Waals surface area contributed by atoms with Crippen LogP contribution in [-0.2, 0) is 10.9 Å². The first kappa shape index (κ1) is 28.3. The molecule has 5 rings (SSSR count). The van der Waals surface area contributed by atoms with Gasteiger partial charge in [0.1, 0.15) is 16.9 Å². The molecule has 2 aliphatic rings. The highest BCUT2D eigenvalue weighted by Crippen LogP contribution is 2.44. The van der Waals surface area contributed by atoms with Crippen LogP contribution in [0.15, 0.2) is 12.1 Å². The molecule has 7 nitrogen and oxygen atoms in total. The van der Waals surface area contributed by atoms with Gasteiger partial charge in [0.15, 0.2) is 5.82 Å². The molecule has 40 heavy (non-hydrogen) atoms. The van der Waals surface area contributed by atoms with Crippen LogP contribution in [-0.4, -0.2) is 56.7 Å². The number of aromatic nitrogens is 3. The van der Waals surface area contributed by atoms with Crippen LogP contribution >= 0.6 is 11.6 Å². The zero-order chi connectivity index (χ0) is 29.3. The minimum atomic E-state index is -4.85. The molecule has 2 unspecified atom stereocenters. The Bertz CT molecular complexity index is 1510. The van der Waals surface area contributed by atoms with Crippen molar-refractivity contribution in [2.45, 2.75) is 71.3 Å². The first-order chi connectivity index (χ1) is 18.5. The van der Waals surface area contributed by atoms with E-state index in [1.165, 1.54) is 26.0 Å². The van der Waals surface area contributed by atoms with Crippen LogP contribution in [0.2, 0.25) is 5.02 Å². The molecule has 1 aromatic carbocycles. The molecular weight excluding hydrogens is 557 g/mol. The van der Waals surface area contributed by atoms with E-state index >= 15 is 4.39 Å². The number of nitrogens with zero attached hydrogens (tertiary/aromatic N) is 5. The number of ether oxygens (including phenoxy) is 1. The molecule has 13 heteroatoms. The van der Waals surface area contributed by atoms with Crippen LogP contribution in [0.25, 0.3) is 22.2 Å². The fraction of sp³-hybridized carbons (Fsp3) is 0.481. The van der Waals surface area contributed by atoms with Gasteiger partial charge in [0.05, 0.1) is 33.9 Å². The summed E-state index contributed by atoms with van der Waals surface area (Å²) < 4.78 is 78.3. The molecule has 0 radical (unpaired) electrons. The van der Waals surface area contributed by atoms with Crippen LogP contribution < -0.4 is 4.90 Å². The minimum absolute atomic E-state index is 0.0377. The maximum absolute atomic E-state index is 16.0. The summed E-state index contributed by atoms with van der Waals surface area (Å²) >= 11 is 6.43. The van der Waals surface area contributed by atoms with Crippen LogP contribution in [0.1, 0.15) is 50.4 Å². The summed E-state index contributed by atoms with van der Waals surface area (Å²) in [6.07, 6.45) is -5.17. The Morgan fingerprint density at radius 2 is 1.65 bits per heavy atom. The quantitative estimate of drug-likeness (QED) is 0.243. The van der Waals surface area contributed by atoms with E-state index in [2.05, 4.69) is 15.0 Å². The minimum Gasteiger partial charge on any atom is -0.444 e. The molecule has 0 saturated carbocycles. The standard InChI is InChI=1S/C27H27ClF5N5O2/c1-12-8-13(2)34-22(19(12)27(31,32)33)18-17(28)9-16-21(20(18)29)35-24(30)36-23(16)37-10-14-6-7-15(11-37)38(14)25(39)40-26(3,4)5/h8-9,14-15H,6-7,10-11H2,1-5H3. The largest absolute Gasteiger partial charge is 0.444 e. The molecule has 2 aromatic heterocycles. The van der Waals surface area contributed by atoms with Gasteiger partial charge in [-0.3, -0.25) is 9.88 Å². The number of fused-ring (bicyclic) bond motifs is 3. The number of piperazine rings is 1. The summed E-state index contributed by atoms with van der Waals surface area (Å²) in [4.78, 5) is 27.7. The molecule has 2 bridgehead atoms. The van der Waals surface area contributed by atoms with Crippen LogP contribution in [0.5, 0.6) is 0 Å². The van der Waals surface area contributed by atoms with Crippen molar-refractivity contribution in [1.82, 2.24) is 19.9 Å². The topological polar surface area (TPSA) is 71.5 Å². The Hall–Kier alpha value is -3.28. The highest BCUT2D eigenvalue weighted by atomic mass is 35.5. The smallest absolute Gasteiger partial charge is 0.418 e. The predicted octanol–water partition coefficient (Wildman–Crippen LogP) is 6.85. The third-order valence-electron chi connectivity index (χ3n) is 7.09. The van der Waals surface area contributed by atoms with Crippen molar-refractivity contribution in [3.63, 3.8) is 0 Å². The van der Waals surface area contributed by atoms with Gasteiger partial charge < -0.3 is 9.64 Å². The van der Waals surface area contributed by atoms with Gasteiger partial charge in [0, 0.05) is 24.2 Å². The van der Waals surface area contributed by atoms with Gasteiger partial charge >= 0.3 is 18.3 Å². The number of hydrogen-bond donors (Lipinski definition) is 0. The Balaban J connectivity index is 1.60. The molecule has 2 saturated heterocycles. The number of halogens is 6. The number of pyridine rings is 1. The number of rotatable bonds is 2. The lowest BCUT2D eigenvalue weighted by atomic mass is 9.98. The Labute approximate surface area is 232 Å². The molecule has 0 N–H and O–H groups in total. The Kier molecular flexibility index (Phi) is 6.83. The number of benzene rings is 1. The number of carbonyl (C=O) groups excluding carboxylic acids is 1. The second-order valence-corrected chi connectivity index (χ2v) is 11.6. The van der Waals surface area contributed by atoms with Gasteiger partial charge in [-0.05, 0) is 65.2 Å². The van der Waals surface area contributed by atoms with E-state index in [4.69, 9.17) is 16.3 Å². The number of hydrogen-bond acceptors (Lipinski definition) is 6.